The molecule has 1 heterocycles. The highest BCUT2D eigenvalue weighted by Gasteiger charge is 2.23. The van der Waals surface area contributed by atoms with Crippen molar-refractivity contribution in [3.8, 4) is 5.75 Å². The molecule has 152 valence electrons. The topological polar surface area (TPSA) is 58.6 Å². The molecule has 2 amide bonds. The van der Waals surface area contributed by atoms with Crippen LogP contribution in [0.2, 0.25) is 0 Å². The summed E-state index contributed by atoms with van der Waals surface area (Å²) in [5.41, 5.74) is 0.999. The van der Waals surface area contributed by atoms with Crippen LogP contribution in [0.25, 0.3) is 6.08 Å². The number of rotatable bonds is 8. The molecule has 1 fully saturated rings. The van der Waals surface area contributed by atoms with Gasteiger partial charge < -0.3 is 15.0 Å². The van der Waals surface area contributed by atoms with Crippen molar-refractivity contribution in [2.24, 2.45) is 0 Å². The molecule has 5 heteroatoms. The number of likely N-dealkylation sites (tertiary alicyclic amines) is 1. The molecular weight excluding hydrogens is 364 g/mol. The normalized spacial score (nSPS) is 14.7. The second-order valence-corrected chi connectivity index (χ2v) is 7.17. The fourth-order valence-corrected chi connectivity index (χ4v) is 3.35. The van der Waals surface area contributed by atoms with Gasteiger partial charge in [-0.2, -0.15) is 0 Å². The molecule has 0 saturated carbocycles. The summed E-state index contributed by atoms with van der Waals surface area (Å²) in [7, 11) is 0. The van der Waals surface area contributed by atoms with Crippen LogP contribution in [-0.4, -0.2) is 42.5 Å². The standard InChI is InChI=1S/C24H28N2O3/c27-23(14-13-20-8-3-1-4-9-20)25-21-15-17-26(18-16-21)24(28)12-7-19-29-22-10-5-2-6-11-22/h1-6,8-11,13-14,21H,7,12,15-19H2,(H,25,27)/b14-13+. The Morgan fingerprint density at radius 2 is 1.66 bits per heavy atom. The second-order valence-electron chi connectivity index (χ2n) is 7.17. The number of para-hydroxylation sites is 1. The van der Waals surface area contributed by atoms with Crippen LogP contribution >= 0.6 is 0 Å². The van der Waals surface area contributed by atoms with Crippen molar-refractivity contribution in [3.63, 3.8) is 0 Å². The molecule has 1 saturated heterocycles. The number of nitrogens with one attached hydrogen (secondary N) is 1. The van der Waals surface area contributed by atoms with Crippen molar-refractivity contribution in [1.82, 2.24) is 10.2 Å². The van der Waals surface area contributed by atoms with Gasteiger partial charge in [-0.05, 0) is 43.0 Å². The quantitative estimate of drug-likeness (QED) is 0.551. The molecule has 2 aromatic carbocycles. The lowest BCUT2D eigenvalue weighted by atomic mass is 10.0. The maximum atomic E-state index is 12.4. The summed E-state index contributed by atoms with van der Waals surface area (Å²) in [5.74, 6) is 0.907. The number of hydrogen-bond donors (Lipinski definition) is 1. The van der Waals surface area contributed by atoms with Gasteiger partial charge in [0.05, 0.1) is 6.61 Å². The van der Waals surface area contributed by atoms with Gasteiger partial charge in [-0.25, -0.2) is 0 Å². The van der Waals surface area contributed by atoms with Crippen LogP contribution in [0.3, 0.4) is 0 Å². The Morgan fingerprint density at radius 3 is 2.34 bits per heavy atom. The van der Waals surface area contributed by atoms with Crippen molar-refractivity contribution in [2.75, 3.05) is 19.7 Å². The van der Waals surface area contributed by atoms with E-state index in [1.54, 1.807) is 6.08 Å². The lowest BCUT2D eigenvalue weighted by Gasteiger charge is -2.32. The molecule has 1 aliphatic rings. The lowest BCUT2D eigenvalue weighted by Crippen LogP contribution is -2.46. The Hall–Kier alpha value is -3.08. The number of piperidine rings is 1. The van der Waals surface area contributed by atoms with E-state index >= 15 is 0 Å². The van der Waals surface area contributed by atoms with Gasteiger partial charge >= 0.3 is 0 Å². The van der Waals surface area contributed by atoms with Gasteiger partial charge in [0.2, 0.25) is 11.8 Å². The SMILES string of the molecule is O=C(/C=C/c1ccccc1)NC1CCN(C(=O)CCCOc2ccccc2)CC1. The van der Waals surface area contributed by atoms with E-state index in [0.29, 0.717) is 32.5 Å². The Balaban J connectivity index is 1.31. The first-order chi connectivity index (χ1) is 14.2. The van der Waals surface area contributed by atoms with Crippen LogP contribution in [0.5, 0.6) is 5.75 Å². The van der Waals surface area contributed by atoms with Crippen molar-refractivity contribution < 1.29 is 14.3 Å². The summed E-state index contributed by atoms with van der Waals surface area (Å²) in [6.07, 6.45) is 6.15. The van der Waals surface area contributed by atoms with Gasteiger partial charge in [0.1, 0.15) is 5.75 Å². The number of ether oxygens (including phenoxy) is 1. The van der Waals surface area contributed by atoms with E-state index in [4.69, 9.17) is 4.74 Å². The van der Waals surface area contributed by atoms with Gasteiger partial charge in [-0.3, -0.25) is 9.59 Å². The van der Waals surface area contributed by atoms with Gasteiger partial charge in [-0.15, -0.1) is 0 Å². The minimum Gasteiger partial charge on any atom is -0.494 e. The summed E-state index contributed by atoms with van der Waals surface area (Å²) in [5, 5.41) is 3.04. The largest absolute Gasteiger partial charge is 0.494 e. The summed E-state index contributed by atoms with van der Waals surface area (Å²) < 4.78 is 5.63. The van der Waals surface area contributed by atoms with Crippen LogP contribution in [0.15, 0.2) is 66.7 Å². The molecule has 3 rings (SSSR count). The number of amides is 2. The van der Waals surface area contributed by atoms with Gasteiger partial charge in [-0.1, -0.05) is 48.5 Å². The van der Waals surface area contributed by atoms with E-state index in [-0.39, 0.29) is 17.9 Å². The lowest BCUT2D eigenvalue weighted by molar-refractivity contribution is -0.132. The smallest absolute Gasteiger partial charge is 0.244 e. The molecule has 0 radical (unpaired) electrons. The van der Waals surface area contributed by atoms with Gasteiger partial charge in [0.25, 0.3) is 0 Å². The maximum Gasteiger partial charge on any atom is 0.244 e. The van der Waals surface area contributed by atoms with E-state index in [9.17, 15) is 9.59 Å². The number of carbonyl (C=O) groups excluding carboxylic acids is 2. The minimum atomic E-state index is -0.0864. The molecule has 2 aromatic rings. The third kappa shape index (κ3) is 7.11. The molecule has 5 nitrogen and oxygen atoms in total. The average Bonchev–Trinajstić information content (AvgIpc) is 2.77. The molecule has 29 heavy (non-hydrogen) atoms. The summed E-state index contributed by atoms with van der Waals surface area (Å²) in [4.78, 5) is 26.4. The van der Waals surface area contributed by atoms with Gasteiger partial charge in [0, 0.05) is 31.6 Å². The summed E-state index contributed by atoms with van der Waals surface area (Å²) in [6.45, 7) is 1.91. The third-order valence-corrected chi connectivity index (χ3v) is 4.97. The fraction of sp³-hybridized carbons (Fsp3) is 0.333. The number of carbonyl (C=O) groups is 2. The highest BCUT2D eigenvalue weighted by molar-refractivity contribution is 5.91. The third-order valence-electron chi connectivity index (χ3n) is 4.97. The minimum absolute atomic E-state index is 0.0864. The fourth-order valence-electron chi connectivity index (χ4n) is 3.35. The van der Waals surface area contributed by atoms with Crippen molar-refractivity contribution in [1.29, 1.82) is 0 Å². The van der Waals surface area contributed by atoms with E-state index in [0.717, 1.165) is 24.2 Å². The van der Waals surface area contributed by atoms with Crippen LogP contribution in [-0.2, 0) is 9.59 Å². The summed E-state index contributed by atoms with van der Waals surface area (Å²) >= 11 is 0. The van der Waals surface area contributed by atoms with Crippen molar-refractivity contribution >= 4 is 17.9 Å². The predicted molar refractivity (Wildman–Crippen MR) is 114 cm³/mol. The first-order valence-corrected chi connectivity index (χ1v) is 10.2. The van der Waals surface area contributed by atoms with Crippen LogP contribution in [0.1, 0.15) is 31.2 Å². The number of benzene rings is 2. The Morgan fingerprint density at radius 1 is 1.00 bits per heavy atom. The predicted octanol–water partition coefficient (Wildman–Crippen LogP) is 3.67. The van der Waals surface area contributed by atoms with Crippen molar-refractivity contribution in [2.45, 2.75) is 31.7 Å². The Labute approximate surface area is 172 Å². The molecule has 0 bridgehead atoms. The molecule has 0 unspecified atom stereocenters. The Bertz CT molecular complexity index is 797. The van der Waals surface area contributed by atoms with E-state index in [1.165, 1.54) is 0 Å². The van der Waals surface area contributed by atoms with E-state index in [2.05, 4.69) is 5.32 Å². The average molecular weight is 392 g/mol. The maximum absolute atomic E-state index is 12.4. The molecule has 0 atom stereocenters. The Kier molecular flexibility index (Phi) is 7.87. The first-order valence-electron chi connectivity index (χ1n) is 10.2. The molecule has 1 N–H and O–H groups in total. The zero-order valence-corrected chi connectivity index (χ0v) is 16.6. The molecular formula is C24H28N2O3. The highest BCUT2D eigenvalue weighted by Crippen LogP contribution is 2.13. The molecule has 0 spiro atoms. The number of nitrogens with zero attached hydrogens (tertiary/aromatic N) is 1. The van der Waals surface area contributed by atoms with Crippen LogP contribution < -0.4 is 10.1 Å². The monoisotopic (exact) mass is 392 g/mol. The molecule has 0 aliphatic carbocycles. The number of hydrogen-bond acceptors (Lipinski definition) is 3. The highest BCUT2D eigenvalue weighted by atomic mass is 16.5. The van der Waals surface area contributed by atoms with E-state index < -0.39 is 0 Å². The zero-order valence-electron chi connectivity index (χ0n) is 16.6. The second kappa shape index (κ2) is 11.1. The van der Waals surface area contributed by atoms with Crippen LogP contribution in [0, 0.1) is 0 Å². The van der Waals surface area contributed by atoms with Crippen LogP contribution in [0.4, 0.5) is 0 Å². The van der Waals surface area contributed by atoms with E-state index in [1.807, 2.05) is 71.6 Å². The zero-order chi connectivity index (χ0) is 20.3. The molecule has 0 aromatic heterocycles. The first kappa shape index (κ1) is 20.6. The van der Waals surface area contributed by atoms with Crippen molar-refractivity contribution in [3.05, 3.63) is 72.3 Å². The summed E-state index contributed by atoms with van der Waals surface area (Å²) in [6, 6.07) is 19.5. The molecule has 1 aliphatic heterocycles. The van der Waals surface area contributed by atoms with Gasteiger partial charge in [0.15, 0.2) is 0 Å².